The molecule has 0 bridgehead atoms. The van der Waals surface area contributed by atoms with Crippen molar-refractivity contribution in [2.45, 2.75) is 13.1 Å². The van der Waals surface area contributed by atoms with Crippen molar-refractivity contribution in [3.63, 3.8) is 0 Å². The van der Waals surface area contributed by atoms with Gasteiger partial charge in [-0.05, 0) is 42.0 Å². The van der Waals surface area contributed by atoms with Crippen LogP contribution in [0.15, 0.2) is 77.9 Å². The first-order valence-corrected chi connectivity index (χ1v) is 10.7. The van der Waals surface area contributed by atoms with Crippen LogP contribution in [0.3, 0.4) is 0 Å². The minimum atomic E-state index is -0.603. The third-order valence-corrected chi connectivity index (χ3v) is 5.78. The summed E-state index contributed by atoms with van der Waals surface area (Å²) in [6.07, 6.45) is 1.42. The van der Waals surface area contributed by atoms with Crippen LogP contribution in [0.4, 0.5) is 14.5 Å². The maximum Gasteiger partial charge on any atom is 0.278 e. The molecule has 9 heteroatoms. The summed E-state index contributed by atoms with van der Waals surface area (Å²) in [4.78, 5) is 30.7. The summed E-state index contributed by atoms with van der Waals surface area (Å²) in [7, 11) is 0. The van der Waals surface area contributed by atoms with Gasteiger partial charge in [-0.25, -0.2) is 13.8 Å². The van der Waals surface area contributed by atoms with Gasteiger partial charge in [-0.2, -0.15) is 0 Å². The molecule has 34 heavy (non-hydrogen) atoms. The molecule has 2 heterocycles. The zero-order valence-corrected chi connectivity index (χ0v) is 18.4. The van der Waals surface area contributed by atoms with Gasteiger partial charge in [0.2, 0.25) is 5.91 Å². The summed E-state index contributed by atoms with van der Waals surface area (Å²) in [6, 6.07) is 17.3. The van der Waals surface area contributed by atoms with Gasteiger partial charge in [-0.3, -0.25) is 14.2 Å². The molecule has 5 aromatic rings. The average molecular weight is 479 g/mol. The zero-order valence-electron chi connectivity index (χ0n) is 17.6. The van der Waals surface area contributed by atoms with Gasteiger partial charge in [0, 0.05) is 11.1 Å². The van der Waals surface area contributed by atoms with E-state index in [-0.39, 0.29) is 22.6 Å². The minimum absolute atomic E-state index is 0.127. The molecule has 0 saturated carbocycles. The summed E-state index contributed by atoms with van der Waals surface area (Å²) in [5.41, 5.74) is 1.84. The molecule has 0 aliphatic rings. The summed E-state index contributed by atoms with van der Waals surface area (Å²) in [5, 5.41) is 2.95. The SMILES string of the molecule is O=C(Cn1c2ccc(F)cc2c2ncn(Cc3ccccc3)c(=O)c21)Nc1ccc(F)c(Cl)c1. The molecule has 0 unspecified atom stereocenters. The van der Waals surface area contributed by atoms with Gasteiger partial charge in [-0.15, -0.1) is 0 Å². The van der Waals surface area contributed by atoms with Gasteiger partial charge < -0.3 is 9.88 Å². The molecule has 3 aromatic carbocycles. The van der Waals surface area contributed by atoms with E-state index < -0.39 is 17.5 Å². The molecule has 0 atom stereocenters. The van der Waals surface area contributed by atoms with Crippen molar-refractivity contribution in [1.82, 2.24) is 14.1 Å². The Balaban J connectivity index is 1.59. The summed E-state index contributed by atoms with van der Waals surface area (Å²) < 4.78 is 30.4. The third-order valence-electron chi connectivity index (χ3n) is 5.49. The van der Waals surface area contributed by atoms with Crippen LogP contribution < -0.4 is 10.9 Å². The van der Waals surface area contributed by atoms with E-state index in [0.717, 1.165) is 11.6 Å². The standard InChI is InChI=1S/C25H17ClF2N4O2/c26-19-11-17(7-8-20(19)28)30-22(33)13-32-21-9-6-16(27)10-18(21)23-24(32)25(34)31(14-29-23)12-15-4-2-1-3-5-15/h1-11,14H,12-13H2,(H,30,33). The van der Waals surface area contributed by atoms with Crippen molar-refractivity contribution in [3.05, 3.63) is 106 Å². The monoisotopic (exact) mass is 478 g/mol. The molecule has 0 saturated heterocycles. The highest BCUT2D eigenvalue weighted by molar-refractivity contribution is 6.31. The second-order valence-corrected chi connectivity index (χ2v) is 8.19. The van der Waals surface area contributed by atoms with Crippen LogP contribution in [0, 0.1) is 11.6 Å². The van der Waals surface area contributed by atoms with E-state index in [1.807, 2.05) is 30.3 Å². The molecule has 1 N–H and O–H groups in total. The molecular formula is C25H17ClF2N4O2. The fraction of sp³-hybridized carbons (Fsp3) is 0.0800. The number of fused-ring (bicyclic) bond motifs is 3. The van der Waals surface area contributed by atoms with E-state index in [4.69, 9.17) is 11.6 Å². The maximum absolute atomic E-state index is 14.0. The Bertz CT molecular complexity index is 1610. The molecule has 2 aromatic heterocycles. The molecule has 0 spiro atoms. The number of aromatic nitrogens is 3. The highest BCUT2D eigenvalue weighted by Crippen LogP contribution is 2.27. The van der Waals surface area contributed by atoms with Crippen molar-refractivity contribution >= 4 is 45.1 Å². The Hall–Kier alpha value is -4.04. The predicted octanol–water partition coefficient (Wildman–Crippen LogP) is 4.97. The first kappa shape index (κ1) is 21.8. The van der Waals surface area contributed by atoms with Crippen LogP contribution >= 0.6 is 11.6 Å². The van der Waals surface area contributed by atoms with Crippen molar-refractivity contribution in [3.8, 4) is 0 Å². The number of rotatable bonds is 5. The highest BCUT2D eigenvalue weighted by Gasteiger charge is 2.19. The molecule has 1 amide bonds. The predicted molar refractivity (Wildman–Crippen MR) is 127 cm³/mol. The summed E-state index contributed by atoms with van der Waals surface area (Å²) in [6.45, 7) is 0.0473. The van der Waals surface area contributed by atoms with Gasteiger partial charge in [0.05, 0.1) is 23.4 Å². The lowest BCUT2D eigenvalue weighted by atomic mass is 10.2. The topological polar surface area (TPSA) is 68.9 Å². The number of carbonyl (C=O) groups excluding carboxylic acids is 1. The third kappa shape index (κ3) is 4.04. The fourth-order valence-electron chi connectivity index (χ4n) is 3.95. The highest BCUT2D eigenvalue weighted by atomic mass is 35.5. The maximum atomic E-state index is 14.0. The summed E-state index contributed by atoms with van der Waals surface area (Å²) >= 11 is 5.80. The molecule has 0 aliphatic carbocycles. The molecule has 0 fully saturated rings. The number of nitrogens with one attached hydrogen (secondary N) is 1. The summed E-state index contributed by atoms with van der Waals surface area (Å²) in [5.74, 6) is -1.55. The number of hydrogen-bond donors (Lipinski definition) is 1. The number of benzene rings is 3. The van der Waals surface area contributed by atoms with Gasteiger partial charge in [0.1, 0.15) is 29.2 Å². The number of halogens is 3. The lowest BCUT2D eigenvalue weighted by Crippen LogP contribution is -2.25. The van der Waals surface area contributed by atoms with Crippen LogP contribution in [-0.4, -0.2) is 20.0 Å². The van der Waals surface area contributed by atoms with Crippen LogP contribution in [0.1, 0.15) is 5.56 Å². The molecule has 170 valence electrons. The molecule has 0 aliphatic heterocycles. The fourth-order valence-corrected chi connectivity index (χ4v) is 4.13. The van der Waals surface area contributed by atoms with Gasteiger partial charge in [0.15, 0.2) is 0 Å². The van der Waals surface area contributed by atoms with E-state index in [1.54, 1.807) is 0 Å². The van der Waals surface area contributed by atoms with Crippen molar-refractivity contribution < 1.29 is 13.6 Å². The normalized spacial score (nSPS) is 11.3. The Kier molecular flexibility index (Phi) is 5.59. The van der Waals surface area contributed by atoms with E-state index >= 15 is 0 Å². The number of carbonyl (C=O) groups is 1. The van der Waals surface area contributed by atoms with E-state index in [9.17, 15) is 18.4 Å². The van der Waals surface area contributed by atoms with Gasteiger partial charge in [0.25, 0.3) is 5.56 Å². The second-order valence-electron chi connectivity index (χ2n) is 7.79. The molecular weight excluding hydrogens is 462 g/mol. The van der Waals surface area contributed by atoms with Crippen molar-refractivity contribution in [2.75, 3.05) is 5.32 Å². The minimum Gasteiger partial charge on any atom is -0.325 e. The smallest absolute Gasteiger partial charge is 0.278 e. The van der Waals surface area contributed by atoms with Crippen LogP contribution in [0.5, 0.6) is 0 Å². The Morgan fingerprint density at radius 2 is 1.82 bits per heavy atom. The van der Waals surface area contributed by atoms with E-state index in [0.29, 0.717) is 28.7 Å². The largest absolute Gasteiger partial charge is 0.325 e. The van der Waals surface area contributed by atoms with Crippen LogP contribution in [-0.2, 0) is 17.9 Å². The molecule has 5 rings (SSSR count). The lowest BCUT2D eigenvalue weighted by molar-refractivity contribution is -0.116. The first-order chi connectivity index (χ1) is 16.4. The van der Waals surface area contributed by atoms with E-state index in [2.05, 4.69) is 10.3 Å². The number of anilines is 1. The Morgan fingerprint density at radius 3 is 2.59 bits per heavy atom. The quantitative estimate of drug-likeness (QED) is 0.388. The molecule has 6 nitrogen and oxygen atoms in total. The van der Waals surface area contributed by atoms with Gasteiger partial charge in [-0.1, -0.05) is 41.9 Å². The molecule has 0 radical (unpaired) electrons. The second kappa shape index (κ2) is 8.72. The Morgan fingerprint density at radius 1 is 1.03 bits per heavy atom. The number of amides is 1. The first-order valence-electron chi connectivity index (χ1n) is 10.4. The average Bonchev–Trinajstić information content (AvgIpc) is 3.12. The van der Waals surface area contributed by atoms with Gasteiger partial charge >= 0.3 is 0 Å². The number of hydrogen-bond acceptors (Lipinski definition) is 3. The van der Waals surface area contributed by atoms with Crippen molar-refractivity contribution in [1.29, 1.82) is 0 Å². The zero-order chi connectivity index (χ0) is 23.8. The van der Waals surface area contributed by atoms with Crippen molar-refractivity contribution in [2.24, 2.45) is 0 Å². The van der Waals surface area contributed by atoms with Crippen LogP contribution in [0.25, 0.3) is 21.9 Å². The number of nitrogens with zero attached hydrogens (tertiary/aromatic N) is 3. The van der Waals surface area contributed by atoms with E-state index in [1.165, 1.54) is 45.8 Å². The Labute approximate surface area is 197 Å². The van der Waals surface area contributed by atoms with Crippen LogP contribution in [0.2, 0.25) is 5.02 Å². The lowest BCUT2D eigenvalue weighted by Gasteiger charge is -2.10.